The summed E-state index contributed by atoms with van der Waals surface area (Å²) in [6.07, 6.45) is 3.78. The number of amides is 2. The van der Waals surface area contributed by atoms with Crippen LogP contribution in [0.25, 0.3) is 5.69 Å². The Hall–Kier alpha value is -2.83. The van der Waals surface area contributed by atoms with Crippen molar-refractivity contribution >= 4 is 17.7 Å². The number of fused-ring (bicyclic) bond motifs is 3. The number of hydrogen-bond acceptors (Lipinski definition) is 4. The van der Waals surface area contributed by atoms with E-state index in [4.69, 9.17) is 4.74 Å². The quantitative estimate of drug-likeness (QED) is 0.789. The average molecular weight is 312 g/mol. The van der Waals surface area contributed by atoms with Gasteiger partial charge in [-0.25, -0.2) is 9.78 Å². The van der Waals surface area contributed by atoms with Crippen molar-refractivity contribution < 1.29 is 14.3 Å². The van der Waals surface area contributed by atoms with Crippen LogP contribution in [0.2, 0.25) is 0 Å². The van der Waals surface area contributed by atoms with Gasteiger partial charge < -0.3 is 14.6 Å². The molecule has 0 aliphatic carbocycles. The van der Waals surface area contributed by atoms with E-state index in [9.17, 15) is 9.59 Å². The van der Waals surface area contributed by atoms with E-state index in [2.05, 4.69) is 14.9 Å². The van der Waals surface area contributed by atoms with Gasteiger partial charge in [-0.15, -0.1) is 0 Å². The summed E-state index contributed by atoms with van der Waals surface area (Å²) >= 11 is 0. The number of anilines is 1. The normalized spacial score (nSPS) is 18.6. The lowest BCUT2D eigenvalue weighted by Crippen LogP contribution is -2.33. The zero-order valence-corrected chi connectivity index (χ0v) is 12.7. The van der Waals surface area contributed by atoms with Gasteiger partial charge in [0, 0.05) is 31.4 Å². The van der Waals surface area contributed by atoms with E-state index < -0.39 is 0 Å². The number of cyclic esters (lactones) is 1. The first-order valence-electron chi connectivity index (χ1n) is 7.50. The molecule has 1 unspecified atom stereocenters. The molecule has 1 saturated heterocycles. The van der Waals surface area contributed by atoms with Gasteiger partial charge in [-0.3, -0.25) is 9.69 Å². The Kier molecular flexibility index (Phi) is 3.07. The number of nitrogens with zero attached hydrogens (tertiary/aromatic N) is 3. The number of ether oxygens (including phenoxy) is 1. The van der Waals surface area contributed by atoms with Gasteiger partial charge in [0.2, 0.25) is 5.91 Å². The van der Waals surface area contributed by atoms with Crippen molar-refractivity contribution in [3.63, 3.8) is 0 Å². The molecule has 0 bridgehead atoms. The van der Waals surface area contributed by atoms with Crippen molar-refractivity contribution in [1.29, 1.82) is 0 Å². The van der Waals surface area contributed by atoms with Crippen molar-refractivity contribution in [3.05, 3.63) is 42.0 Å². The Labute approximate surface area is 132 Å². The van der Waals surface area contributed by atoms with Crippen LogP contribution in [0.1, 0.15) is 18.3 Å². The molecule has 2 aromatic rings. The molecule has 0 radical (unpaired) electrons. The number of rotatable bonds is 3. The van der Waals surface area contributed by atoms with Gasteiger partial charge in [-0.2, -0.15) is 0 Å². The number of carbonyl (C=O) groups is 2. The smallest absolute Gasteiger partial charge is 0.414 e. The second-order valence-electron chi connectivity index (χ2n) is 5.76. The molecule has 2 amide bonds. The van der Waals surface area contributed by atoms with Crippen LogP contribution >= 0.6 is 0 Å². The van der Waals surface area contributed by atoms with Crippen LogP contribution in [0.5, 0.6) is 0 Å². The molecule has 1 aromatic heterocycles. The molecule has 23 heavy (non-hydrogen) atoms. The molecule has 4 rings (SSSR count). The maximum atomic E-state index is 12.1. The van der Waals surface area contributed by atoms with Crippen LogP contribution in [-0.2, 0) is 16.0 Å². The maximum Gasteiger partial charge on any atom is 0.414 e. The molecule has 1 N–H and O–H groups in total. The Balaban J connectivity index is 1.54. The molecule has 7 heteroatoms. The number of nitrogens with one attached hydrogen (secondary N) is 1. The van der Waals surface area contributed by atoms with Crippen LogP contribution in [0, 0.1) is 0 Å². The number of hydrogen-bond donors (Lipinski definition) is 1. The van der Waals surface area contributed by atoms with E-state index in [-0.39, 0.29) is 18.1 Å². The van der Waals surface area contributed by atoms with Crippen LogP contribution < -0.4 is 10.2 Å². The first-order valence-corrected chi connectivity index (χ1v) is 7.50. The van der Waals surface area contributed by atoms with Gasteiger partial charge in [0.15, 0.2) is 0 Å². The van der Waals surface area contributed by atoms with Crippen molar-refractivity contribution in [3.8, 4) is 5.69 Å². The highest BCUT2D eigenvalue weighted by Crippen LogP contribution is 2.31. The fraction of sp³-hybridized carbons (Fsp3) is 0.312. The summed E-state index contributed by atoms with van der Waals surface area (Å²) in [6.45, 7) is 2.21. The summed E-state index contributed by atoms with van der Waals surface area (Å²) in [7, 11) is 0. The van der Waals surface area contributed by atoms with E-state index >= 15 is 0 Å². The third kappa shape index (κ3) is 2.34. The third-order valence-electron chi connectivity index (χ3n) is 4.15. The lowest BCUT2D eigenvalue weighted by Gasteiger charge is -2.14. The topological polar surface area (TPSA) is 76.5 Å². The molecular formula is C16H16N4O3. The van der Waals surface area contributed by atoms with Crippen LogP contribution in [0.4, 0.5) is 10.5 Å². The minimum Gasteiger partial charge on any atom is -0.442 e. The molecule has 0 spiro atoms. The highest BCUT2D eigenvalue weighted by molar-refractivity contribution is 5.90. The van der Waals surface area contributed by atoms with Crippen LogP contribution in [0.3, 0.4) is 0 Å². The minimum absolute atomic E-state index is 0.133. The first-order chi connectivity index (χ1) is 11.1. The Bertz CT molecular complexity index is 798. The summed E-state index contributed by atoms with van der Waals surface area (Å²) < 4.78 is 7.36. The summed E-state index contributed by atoms with van der Waals surface area (Å²) in [5.41, 5.74) is 3.05. The third-order valence-corrected chi connectivity index (χ3v) is 4.15. The van der Waals surface area contributed by atoms with E-state index in [0.717, 1.165) is 29.2 Å². The average Bonchev–Trinajstić information content (AvgIpc) is 3.18. The highest BCUT2D eigenvalue weighted by atomic mass is 16.6. The lowest BCUT2D eigenvalue weighted by atomic mass is 10.1. The van der Waals surface area contributed by atoms with E-state index in [1.807, 2.05) is 24.4 Å². The molecule has 0 saturated carbocycles. The van der Waals surface area contributed by atoms with Gasteiger partial charge >= 0.3 is 6.09 Å². The van der Waals surface area contributed by atoms with Gasteiger partial charge in [-0.05, 0) is 23.8 Å². The number of benzene rings is 1. The summed E-state index contributed by atoms with van der Waals surface area (Å²) in [6, 6.07) is 5.92. The van der Waals surface area contributed by atoms with E-state index in [0.29, 0.717) is 13.1 Å². The second kappa shape index (κ2) is 5.12. The van der Waals surface area contributed by atoms with E-state index in [1.165, 1.54) is 6.92 Å². The van der Waals surface area contributed by atoms with Gasteiger partial charge in [0.25, 0.3) is 0 Å². The predicted octanol–water partition coefficient (Wildman–Crippen LogP) is 1.24. The van der Waals surface area contributed by atoms with Gasteiger partial charge in [0.1, 0.15) is 11.9 Å². The molecule has 1 fully saturated rings. The molecule has 7 nitrogen and oxygen atoms in total. The molecule has 2 aliphatic rings. The minimum atomic E-state index is -0.379. The Morgan fingerprint density at radius 3 is 3.17 bits per heavy atom. The van der Waals surface area contributed by atoms with Gasteiger partial charge in [0.05, 0.1) is 18.8 Å². The standard InChI is InChI=1S/C16H16N4O3/c1-10(21)18-8-13-9-20(16(22)23-13)12-2-3-14-11(6-12)7-15-17-4-5-19(14)15/h2-6,13H,7-9H2,1H3,(H,18,21). The Morgan fingerprint density at radius 1 is 1.48 bits per heavy atom. The summed E-state index contributed by atoms with van der Waals surface area (Å²) in [5.74, 6) is 0.871. The van der Waals surface area contributed by atoms with Crippen LogP contribution in [-0.4, -0.2) is 40.7 Å². The van der Waals surface area contributed by atoms with Crippen molar-refractivity contribution in [1.82, 2.24) is 14.9 Å². The molecule has 2 aliphatic heterocycles. The highest BCUT2D eigenvalue weighted by Gasteiger charge is 2.33. The number of aromatic nitrogens is 2. The first kappa shape index (κ1) is 13.8. The fourth-order valence-electron chi connectivity index (χ4n) is 3.07. The maximum absolute atomic E-state index is 12.1. The number of carbonyl (C=O) groups excluding carboxylic acids is 2. The molecular weight excluding hydrogens is 296 g/mol. The molecule has 1 atom stereocenters. The summed E-state index contributed by atoms with van der Waals surface area (Å²) in [5, 5.41) is 2.68. The number of imidazole rings is 1. The molecule has 118 valence electrons. The predicted molar refractivity (Wildman–Crippen MR) is 82.7 cm³/mol. The zero-order chi connectivity index (χ0) is 16.0. The van der Waals surface area contributed by atoms with Crippen molar-refractivity contribution in [2.45, 2.75) is 19.4 Å². The lowest BCUT2D eigenvalue weighted by molar-refractivity contribution is -0.119. The zero-order valence-electron chi connectivity index (χ0n) is 12.7. The molecule has 3 heterocycles. The SMILES string of the molecule is CC(=O)NCC1CN(c2ccc3c(c2)Cc2nccn2-3)C(=O)O1. The molecule has 1 aromatic carbocycles. The van der Waals surface area contributed by atoms with E-state index in [1.54, 1.807) is 11.1 Å². The second-order valence-corrected chi connectivity index (χ2v) is 5.76. The monoisotopic (exact) mass is 312 g/mol. The van der Waals surface area contributed by atoms with Gasteiger partial charge in [-0.1, -0.05) is 0 Å². The summed E-state index contributed by atoms with van der Waals surface area (Å²) in [4.78, 5) is 29.0. The van der Waals surface area contributed by atoms with Crippen molar-refractivity contribution in [2.24, 2.45) is 0 Å². The Morgan fingerprint density at radius 2 is 2.35 bits per heavy atom. The van der Waals surface area contributed by atoms with Crippen LogP contribution in [0.15, 0.2) is 30.6 Å². The fourth-order valence-corrected chi connectivity index (χ4v) is 3.07. The largest absolute Gasteiger partial charge is 0.442 e. The van der Waals surface area contributed by atoms with Crippen molar-refractivity contribution in [2.75, 3.05) is 18.0 Å².